The Bertz CT molecular complexity index is 374. The van der Waals surface area contributed by atoms with Crippen LogP contribution in [0.25, 0.3) is 0 Å². The summed E-state index contributed by atoms with van der Waals surface area (Å²) in [5.74, 6) is -0.886. The maximum atomic E-state index is 11.8. The van der Waals surface area contributed by atoms with Crippen molar-refractivity contribution in [1.82, 2.24) is 8.61 Å². The average molecular weight is 280 g/mol. The summed E-state index contributed by atoms with van der Waals surface area (Å²) in [6.07, 6.45) is 1.15. The van der Waals surface area contributed by atoms with Gasteiger partial charge in [-0.15, -0.1) is 0 Å². The Labute approximate surface area is 108 Å². The monoisotopic (exact) mass is 280 g/mol. The SMILES string of the molecule is CN(C)S(=O)(=O)N1CCC(OCCC(=O)O)CC1. The van der Waals surface area contributed by atoms with Gasteiger partial charge >= 0.3 is 5.97 Å². The number of ether oxygens (including phenoxy) is 1. The van der Waals surface area contributed by atoms with Gasteiger partial charge in [0.15, 0.2) is 0 Å². The summed E-state index contributed by atoms with van der Waals surface area (Å²) < 4.78 is 31.7. The van der Waals surface area contributed by atoms with Crippen molar-refractivity contribution in [2.24, 2.45) is 0 Å². The lowest BCUT2D eigenvalue weighted by atomic mass is 10.1. The van der Waals surface area contributed by atoms with E-state index in [1.807, 2.05) is 0 Å². The highest BCUT2D eigenvalue weighted by atomic mass is 32.2. The highest BCUT2D eigenvalue weighted by Crippen LogP contribution is 2.17. The summed E-state index contributed by atoms with van der Waals surface area (Å²) in [7, 11) is -0.331. The normalized spacial score (nSPS) is 19.3. The number of hydrogen-bond donors (Lipinski definition) is 1. The molecule has 1 aliphatic heterocycles. The first-order valence-corrected chi connectivity index (χ1v) is 7.24. The van der Waals surface area contributed by atoms with E-state index in [1.54, 1.807) is 0 Å². The summed E-state index contributed by atoms with van der Waals surface area (Å²) in [6.45, 7) is 1.01. The van der Waals surface area contributed by atoms with Crippen LogP contribution in [0.5, 0.6) is 0 Å². The van der Waals surface area contributed by atoms with Gasteiger partial charge in [0, 0.05) is 27.2 Å². The fourth-order valence-corrected chi connectivity index (χ4v) is 2.91. The Morgan fingerprint density at radius 1 is 1.39 bits per heavy atom. The van der Waals surface area contributed by atoms with Crippen molar-refractivity contribution in [1.29, 1.82) is 0 Å². The lowest BCUT2D eigenvalue weighted by Gasteiger charge is -2.32. The molecule has 8 heteroatoms. The smallest absolute Gasteiger partial charge is 0.305 e. The molecular formula is C10H20N2O5S. The zero-order valence-corrected chi connectivity index (χ0v) is 11.5. The van der Waals surface area contributed by atoms with E-state index in [-0.39, 0.29) is 19.1 Å². The van der Waals surface area contributed by atoms with Crippen LogP contribution in [0.3, 0.4) is 0 Å². The zero-order valence-electron chi connectivity index (χ0n) is 10.7. The van der Waals surface area contributed by atoms with Crippen molar-refractivity contribution in [3.8, 4) is 0 Å². The summed E-state index contributed by atoms with van der Waals surface area (Å²) in [5.41, 5.74) is 0. The van der Waals surface area contributed by atoms with Crippen LogP contribution in [0, 0.1) is 0 Å². The first-order chi connectivity index (χ1) is 8.34. The number of piperidine rings is 1. The molecule has 1 fully saturated rings. The minimum absolute atomic E-state index is 0.0176. The molecule has 1 aliphatic rings. The molecule has 1 rings (SSSR count). The Hall–Kier alpha value is -0.700. The van der Waals surface area contributed by atoms with Crippen LogP contribution in [0.2, 0.25) is 0 Å². The Kier molecular flexibility index (Phi) is 5.51. The van der Waals surface area contributed by atoms with Crippen molar-refractivity contribution in [2.75, 3.05) is 33.8 Å². The van der Waals surface area contributed by atoms with Crippen LogP contribution >= 0.6 is 0 Å². The van der Waals surface area contributed by atoms with E-state index in [2.05, 4.69) is 0 Å². The predicted octanol–water partition coefficient (Wildman–Crippen LogP) is -0.251. The van der Waals surface area contributed by atoms with Crippen LogP contribution in [-0.2, 0) is 19.7 Å². The van der Waals surface area contributed by atoms with E-state index in [9.17, 15) is 13.2 Å². The summed E-state index contributed by atoms with van der Waals surface area (Å²) >= 11 is 0. The number of nitrogens with zero attached hydrogens (tertiary/aromatic N) is 2. The highest BCUT2D eigenvalue weighted by molar-refractivity contribution is 7.86. The zero-order chi connectivity index (χ0) is 13.8. The maximum Gasteiger partial charge on any atom is 0.305 e. The summed E-state index contributed by atoms with van der Waals surface area (Å²) in [6, 6.07) is 0. The van der Waals surface area contributed by atoms with Gasteiger partial charge in [0.25, 0.3) is 10.2 Å². The third-order valence-electron chi connectivity index (χ3n) is 2.86. The molecule has 1 N–H and O–H groups in total. The first-order valence-electron chi connectivity index (χ1n) is 5.85. The first kappa shape index (κ1) is 15.4. The van der Waals surface area contributed by atoms with Crippen LogP contribution in [0.1, 0.15) is 19.3 Å². The molecule has 0 bridgehead atoms. The number of hydrogen-bond acceptors (Lipinski definition) is 4. The number of aliphatic carboxylic acids is 1. The van der Waals surface area contributed by atoms with Crippen LogP contribution in [0.4, 0.5) is 0 Å². The Morgan fingerprint density at radius 2 is 1.94 bits per heavy atom. The third-order valence-corrected chi connectivity index (χ3v) is 4.80. The number of carboxylic acid groups (broad SMARTS) is 1. The molecule has 0 unspecified atom stereocenters. The summed E-state index contributed by atoms with van der Waals surface area (Å²) in [5, 5.41) is 8.48. The van der Waals surface area contributed by atoms with Crippen molar-refractivity contribution in [3.05, 3.63) is 0 Å². The van der Waals surface area contributed by atoms with Gasteiger partial charge in [0.2, 0.25) is 0 Å². The van der Waals surface area contributed by atoms with Crippen molar-refractivity contribution in [2.45, 2.75) is 25.4 Å². The van der Waals surface area contributed by atoms with Gasteiger partial charge in [0.05, 0.1) is 19.1 Å². The van der Waals surface area contributed by atoms with Crippen molar-refractivity contribution < 1.29 is 23.1 Å². The second kappa shape index (κ2) is 6.46. The predicted molar refractivity (Wildman–Crippen MR) is 65.4 cm³/mol. The van der Waals surface area contributed by atoms with Crippen molar-refractivity contribution in [3.63, 3.8) is 0 Å². The molecule has 0 radical (unpaired) electrons. The summed E-state index contributed by atoms with van der Waals surface area (Å²) in [4.78, 5) is 10.3. The van der Waals surface area contributed by atoms with Crippen LogP contribution in [0.15, 0.2) is 0 Å². The van der Waals surface area contributed by atoms with Crippen molar-refractivity contribution >= 4 is 16.2 Å². The van der Waals surface area contributed by atoms with E-state index in [0.29, 0.717) is 25.9 Å². The molecule has 0 spiro atoms. The van der Waals surface area contributed by atoms with E-state index >= 15 is 0 Å². The fourth-order valence-electron chi connectivity index (χ4n) is 1.77. The number of rotatable bonds is 6. The molecule has 106 valence electrons. The average Bonchev–Trinajstić information content (AvgIpc) is 2.29. The number of carbonyl (C=O) groups is 1. The van der Waals surface area contributed by atoms with E-state index in [0.717, 1.165) is 0 Å². The van der Waals surface area contributed by atoms with Gasteiger partial charge < -0.3 is 9.84 Å². The molecule has 0 saturated carbocycles. The van der Waals surface area contributed by atoms with Gasteiger partial charge in [-0.1, -0.05) is 0 Å². The molecular weight excluding hydrogens is 260 g/mol. The van der Waals surface area contributed by atoms with Gasteiger partial charge in [-0.2, -0.15) is 17.0 Å². The van der Waals surface area contributed by atoms with Gasteiger partial charge in [0.1, 0.15) is 0 Å². The van der Waals surface area contributed by atoms with E-state index < -0.39 is 16.2 Å². The molecule has 1 heterocycles. The molecule has 7 nitrogen and oxygen atoms in total. The maximum absolute atomic E-state index is 11.8. The molecule has 0 aromatic rings. The third kappa shape index (κ3) is 4.20. The Morgan fingerprint density at radius 3 is 2.39 bits per heavy atom. The largest absolute Gasteiger partial charge is 0.481 e. The minimum atomic E-state index is -3.34. The van der Waals surface area contributed by atoms with Crippen LogP contribution in [-0.4, -0.2) is 68.0 Å². The highest BCUT2D eigenvalue weighted by Gasteiger charge is 2.29. The van der Waals surface area contributed by atoms with Crippen LogP contribution < -0.4 is 0 Å². The second-order valence-corrected chi connectivity index (χ2v) is 6.55. The minimum Gasteiger partial charge on any atom is -0.481 e. The number of carboxylic acids is 1. The molecule has 0 atom stereocenters. The lowest BCUT2D eigenvalue weighted by molar-refractivity contribution is -0.138. The molecule has 18 heavy (non-hydrogen) atoms. The second-order valence-electron chi connectivity index (χ2n) is 4.40. The topological polar surface area (TPSA) is 87.2 Å². The molecule has 0 aromatic carbocycles. The van der Waals surface area contributed by atoms with Gasteiger partial charge in [-0.25, -0.2) is 0 Å². The molecule has 1 saturated heterocycles. The van der Waals surface area contributed by atoms with Gasteiger partial charge in [-0.05, 0) is 12.8 Å². The quantitative estimate of drug-likeness (QED) is 0.725. The van der Waals surface area contributed by atoms with E-state index in [4.69, 9.17) is 9.84 Å². The Balaban J connectivity index is 2.35. The van der Waals surface area contributed by atoms with Gasteiger partial charge in [-0.3, -0.25) is 4.79 Å². The standard InChI is InChI=1S/C10H20N2O5S/c1-11(2)18(15,16)12-6-3-9(4-7-12)17-8-5-10(13)14/h9H,3-8H2,1-2H3,(H,13,14). The lowest BCUT2D eigenvalue weighted by Crippen LogP contribution is -2.45. The molecule has 0 amide bonds. The molecule has 0 aliphatic carbocycles. The van der Waals surface area contributed by atoms with E-state index in [1.165, 1.54) is 22.7 Å². The fraction of sp³-hybridized carbons (Fsp3) is 0.900. The molecule has 0 aromatic heterocycles.